The number of rotatable bonds is 8. The van der Waals surface area contributed by atoms with Crippen molar-refractivity contribution in [1.82, 2.24) is 9.55 Å². The van der Waals surface area contributed by atoms with Gasteiger partial charge in [0, 0.05) is 32.5 Å². The molecule has 1 rings (SSSR count). The number of nitrogens with zero attached hydrogens (tertiary/aromatic N) is 2. The molecule has 4 heteroatoms. The first kappa shape index (κ1) is 16.2. The molecule has 1 heterocycles. The molecule has 0 aliphatic rings. The van der Waals surface area contributed by atoms with Crippen molar-refractivity contribution < 1.29 is 4.74 Å². The molecular formula is C15H29N3O. The Morgan fingerprint density at radius 1 is 1.42 bits per heavy atom. The maximum absolute atomic E-state index is 6.27. The van der Waals surface area contributed by atoms with Crippen molar-refractivity contribution in [2.45, 2.75) is 53.1 Å². The zero-order chi connectivity index (χ0) is 14.5. The van der Waals surface area contributed by atoms with Gasteiger partial charge in [-0.3, -0.25) is 0 Å². The molecule has 4 nitrogen and oxygen atoms in total. The van der Waals surface area contributed by atoms with Crippen LogP contribution < -0.4 is 5.73 Å². The molecule has 2 N–H and O–H groups in total. The van der Waals surface area contributed by atoms with Crippen molar-refractivity contribution in [1.29, 1.82) is 0 Å². The Labute approximate surface area is 117 Å². The summed E-state index contributed by atoms with van der Waals surface area (Å²) in [4.78, 5) is 4.27. The summed E-state index contributed by atoms with van der Waals surface area (Å²) in [5.74, 6) is 0.597. The third-order valence-electron chi connectivity index (χ3n) is 3.43. The van der Waals surface area contributed by atoms with Crippen LogP contribution >= 0.6 is 0 Å². The lowest BCUT2D eigenvalue weighted by Gasteiger charge is -2.27. The van der Waals surface area contributed by atoms with Crippen LogP contribution in [0.4, 0.5) is 0 Å². The summed E-state index contributed by atoms with van der Waals surface area (Å²) in [6.45, 7) is 10.6. The zero-order valence-corrected chi connectivity index (χ0v) is 13.0. The van der Waals surface area contributed by atoms with E-state index in [1.54, 1.807) is 7.11 Å². The van der Waals surface area contributed by atoms with E-state index in [0.29, 0.717) is 5.92 Å². The second kappa shape index (κ2) is 7.06. The molecule has 0 aromatic carbocycles. The molecular weight excluding hydrogens is 238 g/mol. The van der Waals surface area contributed by atoms with Gasteiger partial charge in [0.1, 0.15) is 0 Å². The normalized spacial score (nSPS) is 14.1. The molecule has 0 fully saturated rings. The van der Waals surface area contributed by atoms with Gasteiger partial charge in [-0.2, -0.15) is 0 Å². The van der Waals surface area contributed by atoms with Gasteiger partial charge >= 0.3 is 0 Å². The first-order chi connectivity index (χ1) is 8.85. The lowest BCUT2D eigenvalue weighted by atomic mass is 9.89. The summed E-state index contributed by atoms with van der Waals surface area (Å²) < 4.78 is 7.37. The van der Waals surface area contributed by atoms with E-state index in [9.17, 15) is 0 Å². The predicted molar refractivity (Wildman–Crippen MR) is 78.9 cm³/mol. The van der Waals surface area contributed by atoms with Crippen LogP contribution in [0.2, 0.25) is 0 Å². The molecule has 0 spiro atoms. The minimum Gasteiger partial charge on any atom is -0.385 e. The summed E-state index contributed by atoms with van der Waals surface area (Å²) >= 11 is 0. The van der Waals surface area contributed by atoms with Crippen LogP contribution in [0.1, 0.15) is 52.3 Å². The van der Waals surface area contributed by atoms with Crippen molar-refractivity contribution in [2.24, 2.45) is 17.1 Å². The Morgan fingerprint density at radius 3 is 2.68 bits per heavy atom. The number of hydrogen-bond acceptors (Lipinski definition) is 3. The Balaban J connectivity index is 2.71. The number of aromatic nitrogens is 2. The van der Waals surface area contributed by atoms with E-state index in [-0.39, 0.29) is 11.5 Å². The average Bonchev–Trinajstić information content (AvgIpc) is 2.73. The van der Waals surface area contributed by atoms with Gasteiger partial charge in [0.25, 0.3) is 0 Å². The zero-order valence-electron chi connectivity index (χ0n) is 13.0. The van der Waals surface area contributed by atoms with Gasteiger partial charge in [-0.05, 0) is 24.2 Å². The molecule has 1 unspecified atom stereocenters. The summed E-state index contributed by atoms with van der Waals surface area (Å²) in [7, 11) is 1.75. The highest BCUT2D eigenvalue weighted by molar-refractivity contribution is 5.05. The Hall–Kier alpha value is -0.870. The van der Waals surface area contributed by atoms with Gasteiger partial charge < -0.3 is 15.0 Å². The second-order valence-electron chi connectivity index (χ2n) is 6.59. The van der Waals surface area contributed by atoms with Crippen LogP contribution in [0.5, 0.6) is 0 Å². The molecule has 19 heavy (non-hydrogen) atoms. The highest BCUT2D eigenvalue weighted by atomic mass is 16.5. The van der Waals surface area contributed by atoms with Crippen LogP contribution in [0, 0.1) is 11.3 Å². The number of hydrogen-bond donors (Lipinski definition) is 1. The standard InChI is InChI=1S/C15H29N3O/c1-12(2)8-13(16)14-9-17-11-18(14)10-15(3,4)6-7-19-5/h9,11-13H,6-8,10,16H2,1-5H3. The number of ether oxygens (including phenoxy) is 1. The van der Waals surface area contributed by atoms with Gasteiger partial charge in [-0.25, -0.2) is 4.98 Å². The fourth-order valence-corrected chi connectivity index (χ4v) is 2.32. The Kier molecular flexibility index (Phi) is 6.01. The first-order valence-corrected chi connectivity index (χ1v) is 7.10. The molecule has 0 amide bonds. The third kappa shape index (κ3) is 5.33. The lowest BCUT2D eigenvalue weighted by Crippen LogP contribution is -2.25. The Bertz CT molecular complexity index is 371. The highest BCUT2D eigenvalue weighted by Crippen LogP contribution is 2.26. The van der Waals surface area contributed by atoms with E-state index >= 15 is 0 Å². The van der Waals surface area contributed by atoms with E-state index in [4.69, 9.17) is 10.5 Å². The van der Waals surface area contributed by atoms with Gasteiger partial charge in [-0.15, -0.1) is 0 Å². The summed E-state index contributed by atoms with van der Waals surface area (Å²) in [6, 6.07) is 0.0701. The van der Waals surface area contributed by atoms with Crippen molar-refractivity contribution >= 4 is 0 Å². The molecule has 110 valence electrons. The van der Waals surface area contributed by atoms with Gasteiger partial charge in [-0.1, -0.05) is 27.7 Å². The summed E-state index contributed by atoms with van der Waals surface area (Å²) in [6.07, 6.45) is 5.81. The van der Waals surface area contributed by atoms with Gasteiger partial charge in [0.15, 0.2) is 0 Å². The fourth-order valence-electron chi connectivity index (χ4n) is 2.32. The van der Waals surface area contributed by atoms with Gasteiger partial charge in [0.05, 0.1) is 12.0 Å². The highest BCUT2D eigenvalue weighted by Gasteiger charge is 2.21. The molecule has 0 saturated heterocycles. The Morgan fingerprint density at radius 2 is 2.11 bits per heavy atom. The molecule has 1 aromatic rings. The SMILES string of the molecule is COCCC(C)(C)Cn1cncc1C(N)CC(C)C. The minimum atomic E-state index is 0.0701. The van der Waals surface area contributed by atoms with Crippen LogP contribution in [-0.4, -0.2) is 23.3 Å². The van der Waals surface area contributed by atoms with Crippen molar-refractivity contribution in [3.63, 3.8) is 0 Å². The number of nitrogens with two attached hydrogens (primary N) is 1. The van der Waals surface area contributed by atoms with Gasteiger partial charge in [0.2, 0.25) is 0 Å². The predicted octanol–water partition coefficient (Wildman–Crippen LogP) is 2.99. The van der Waals surface area contributed by atoms with Crippen molar-refractivity contribution in [3.8, 4) is 0 Å². The summed E-state index contributed by atoms with van der Waals surface area (Å²) in [5, 5.41) is 0. The molecule has 0 aliphatic carbocycles. The van der Waals surface area contributed by atoms with E-state index in [1.807, 2.05) is 12.5 Å². The van der Waals surface area contributed by atoms with E-state index < -0.39 is 0 Å². The van der Waals surface area contributed by atoms with Crippen LogP contribution in [0.25, 0.3) is 0 Å². The monoisotopic (exact) mass is 267 g/mol. The van der Waals surface area contributed by atoms with Crippen molar-refractivity contribution in [3.05, 3.63) is 18.2 Å². The lowest BCUT2D eigenvalue weighted by molar-refractivity contribution is 0.141. The summed E-state index contributed by atoms with van der Waals surface area (Å²) in [5.41, 5.74) is 7.60. The molecule has 0 radical (unpaired) electrons. The van der Waals surface area contributed by atoms with E-state index in [2.05, 4.69) is 37.2 Å². The minimum absolute atomic E-state index is 0.0701. The second-order valence-corrected chi connectivity index (χ2v) is 6.59. The van der Waals surface area contributed by atoms with E-state index in [1.165, 1.54) is 0 Å². The van der Waals surface area contributed by atoms with Crippen LogP contribution in [0.15, 0.2) is 12.5 Å². The van der Waals surface area contributed by atoms with Crippen LogP contribution in [0.3, 0.4) is 0 Å². The molecule has 0 bridgehead atoms. The smallest absolute Gasteiger partial charge is 0.0948 e. The maximum atomic E-state index is 6.27. The topological polar surface area (TPSA) is 53.1 Å². The molecule has 0 aliphatic heterocycles. The molecule has 1 atom stereocenters. The third-order valence-corrected chi connectivity index (χ3v) is 3.43. The fraction of sp³-hybridized carbons (Fsp3) is 0.800. The maximum Gasteiger partial charge on any atom is 0.0948 e. The van der Waals surface area contributed by atoms with Crippen LogP contribution in [-0.2, 0) is 11.3 Å². The first-order valence-electron chi connectivity index (χ1n) is 7.10. The number of methoxy groups -OCH3 is 1. The van der Waals surface area contributed by atoms with E-state index in [0.717, 1.165) is 31.7 Å². The number of imidazole rings is 1. The molecule has 1 aromatic heterocycles. The average molecular weight is 267 g/mol. The largest absolute Gasteiger partial charge is 0.385 e. The van der Waals surface area contributed by atoms with Crippen molar-refractivity contribution in [2.75, 3.05) is 13.7 Å². The quantitative estimate of drug-likeness (QED) is 0.787. The molecule has 0 saturated carbocycles.